The van der Waals surface area contributed by atoms with E-state index in [9.17, 15) is 9.59 Å². The van der Waals surface area contributed by atoms with Gasteiger partial charge in [0.1, 0.15) is 6.54 Å². The van der Waals surface area contributed by atoms with Crippen LogP contribution in [0.3, 0.4) is 0 Å². The summed E-state index contributed by atoms with van der Waals surface area (Å²) in [7, 11) is 0. The van der Waals surface area contributed by atoms with Crippen LogP contribution in [0.25, 0.3) is 11.2 Å². The standard InChI is InChI=1S/C14H19N3O3/c1-3-8-16(9-4-2)12(18)10-17-13-11(20-14(17)19)6-5-7-15-13/h5-7H,3-4,8-10H2,1-2H3. The van der Waals surface area contributed by atoms with Crippen molar-refractivity contribution in [2.75, 3.05) is 13.1 Å². The van der Waals surface area contributed by atoms with Crippen molar-refractivity contribution < 1.29 is 9.21 Å². The Balaban J connectivity index is 2.24. The summed E-state index contributed by atoms with van der Waals surface area (Å²) in [6.45, 7) is 5.42. The number of carbonyl (C=O) groups is 1. The summed E-state index contributed by atoms with van der Waals surface area (Å²) in [5.74, 6) is -0.621. The first kappa shape index (κ1) is 14.3. The van der Waals surface area contributed by atoms with E-state index in [1.54, 1.807) is 23.2 Å². The molecule has 0 saturated carbocycles. The van der Waals surface area contributed by atoms with Crippen molar-refractivity contribution in [1.29, 1.82) is 0 Å². The van der Waals surface area contributed by atoms with Gasteiger partial charge in [0.05, 0.1) is 0 Å². The Labute approximate surface area is 117 Å². The summed E-state index contributed by atoms with van der Waals surface area (Å²) in [4.78, 5) is 30.0. The van der Waals surface area contributed by atoms with Gasteiger partial charge in [0.2, 0.25) is 5.91 Å². The molecule has 2 heterocycles. The second kappa shape index (κ2) is 6.36. The summed E-state index contributed by atoms with van der Waals surface area (Å²) >= 11 is 0. The molecule has 0 saturated heterocycles. The minimum atomic E-state index is -0.542. The molecule has 0 radical (unpaired) electrons. The molecule has 0 bridgehead atoms. The molecule has 0 aliphatic rings. The van der Waals surface area contributed by atoms with Crippen LogP contribution in [-0.2, 0) is 11.3 Å². The van der Waals surface area contributed by atoms with Crippen LogP contribution in [0.1, 0.15) is 26.7 Å². The van der Waals surface area contributed by atoms with Crippen LogP contribution in [0, 0.1) is 0 Å². The van der Waals surface area contributed by atoms with Crippen molar-refractivity contribution in [3.63, 3.8) is 0 Å². The summed E-state index contributed by atoms with van der Waals surface area (Å²) in [5, 5.41) is 0. The molecule has 2 aromatic heterocycles. The highest BCUT2D eigenvalue weighted by Gasteiger charge is 2.17. The number of carbonyl (C=O) groups excluding carboxylic acids is 1. The van der Waals surface area contributed by atoms with Crippen LogP contribution in [0.4, 0.5) is 0 Å². The maximum atomic E-state index is 12.3. The molecule has 0 aliphatic heterocycles. The number of oxazole rings is 1. The Morgan fingerprint density at radius 1 is 1.35 bits per heavy atom. The van der Waals surface area contributed by atoms with E-state index in [0.717, 1.165) is 12.8 Å². The fourth-order valence-corrected chi connectivity index (χ4v) is 2.18. The number of amides is 1. The predicted octanol–water partition coefficient (Wildman–Crippen LogP) is 1.64. The molecule has 0 unspecified atom stereocenters. The first-order valence-electron chi connectivity index (χ1n) is 6.89. The smallest absolute Gasteiger partial charge is 0.406 e. The van der Waals surface area contributed by atoms with Gasteiger partial charge < -0.3 is 9.32 Å². The van der Waals surface area contributed by atoms with E-state index in [-0.39, 0.29) is 12.5 Å². The third-order valence-corrected chi connectivity index (χ3v) is 3.06. The predicted molar refractivity (Wildman–Crippen MR) is 75.4 cm³/mol. The average Bonchev–Trinajstić information content (AvgIpc) is 2.75. The molecule has 6 heteroatoms. The normalized spacial score (nSPS) is 10.9. The van der Waals surface area contributed by atoms with E-state index in [1.165, 1.54) is 4.57 Å². The number of rotatable bonds is 6. The van der Waals surface area contributed by atoms with Crippen molar-refractivity contribution in [3.8, 4) is 0 Å². The third-order valence-electron chi connectivity index (χ3n) is 3.06. The molecule has 6 nitrogen and oxygen atoms in total. The Morgan fingerprint density at radius 3 is 2.70 bits per heavy atom. The first-order valence-corrected chi connectivity index (χ1v) is 6.89. The van der Waals surface area contributed by atoms with E-state index in [4.69, 9.17) is 4.42 Å². The van der Waals surface area contributed by atoms with Gasteiger partial charge in [-0.1, -0.05) is 13.8 Å². The molecule has 0 fully saturated rings. The van der Waals surface area contributed by atoms with Gasteiger partial charge in [-0.05, 0) is 25.0 Å². The molecular weight excluding hydrogens is 258 g/mol. The lowest BCUT2D eigenvalue weighted by molar-refractivity contribution is -0.132. The minimum Gasteiger partial charge on any atom is -0.406 e. The lowest BCUT2D eigenvalue weighted by atomic mass is 10.3. The first-order chi connectivity index (χ1) is 9.67. The second-order valence-electron chi connectivity index (χ2n) is 4.66. The molecule has 108 valence electrons. The monoisotopic (exact) mass is 277 g/mol. The van der Waals surface area contributed by atoms with Crippen LogP contribution < -0.4 is 5.76 Å². The molecule has 0 spiro atoms. The van der Waals surface area contributed by atoms with Crippen molar-refractivity contribution in [3.05, 3.63) is 28.9 Å². The van der Waals surface area contributed by atoms with E-state index in [0.29, 0.717) is 24.3 Å². The topological polar surface area (TPSA) is 68.3 Å². The average molecular weight is 277 g/mol. The summed E-state index contributed by atoms with van der Waals surface area (Å²) in [5.41, 5.74) is 0.821. The van der Waals surface area contributed by atoms with Gasteiger partial charge >= 0.3 is 5.76 Å². The molecule has 0 aromatic carbocycles. The highest BCUT2D eigenvalue weighted by atomic mass is 16.4. The Morgan fingerprint density at radius 2 is 2.05 bits per heavy atom. The van der Waals surface area contributed by atoms with E-state index >= 15 is 0 Å². The number of nitrogens with zero attached hydrogens (tertiary/aromatic N) is 3. The molecule has 2 aromatic rings. The van der Waals surface area contributed by atoms with Crippen LogP contribution >= 0.6 is 0 Å². The van der Waals surface area contributed by atoms with Gasteiger partial charge in [-0.3, -0.25) is 4.79 Å². The Bertz CT molecular complexity index is 638. The lowest BCUT2D eigenvalue weighted by Crippen LogP contribution is -2.36. The minimum absolute atomic E-state index is 0.0250. The zero-order valence-corrected chi connectivity index (χ0v) is 11.8. The fraction of sp³-hybridized carbons (Fsp3) is 0.500. The van der Waals surface area contributed by atoms with Crippen LogP contribution in [0.15, 0.2) is 27.5 Å². The molecule has 20 heavy (non-hydrogen) atoms. The van der Waals surface area contributed by atoms with Gasteiger partial charge in [-0.15, -0.1) is 0 Å². The summed E-state index contributed by atoms with van der Waals surface area (Å²) < 4.78 is 6.36. The zero-order valence-electron chi connectivity index (χ0n) is 11.8. The van der Waals surface area contributed by atoms with Crippen molar-refractivity contribution in [1.82, 2.24) is 14.5 Å². The zero-order chi connectivity index (χ0) is 14.5. The van der Waals surface area contributed by atoms with Crippen molar-refractivity contribution in [2.45, 2.75) is 33.2 Å². The van der Waals surface area contributed by atoms with Crippen molar-refractivity contribution >= 4 is 17.1 Å². The number of pyridine rings is 1. The molecule has 2 rings (SSSR count). The van der Waals surface area contributed by atoms with Gasteiger partial charge in [0.25, 0.3) is 0 Å². The quantitative estimate of drug-likeness (QED) is 0.805. The molecule has 1 amide bonds. The Hall–Kier alpha value is -2.11. The molecule has 0 N–H and O–H groups in total. The number of hydrogen-bond donors (Lipinski definition) is 0. The van der Waals surface area contributed by atoms with Crippen LogP contribution in [0.2, 0.25) is 0 Å². The van der Waals surface area contributed by atoms with Crippen LogP contribution in [0.5, 0.6) is 0 Å². The van der Waals surface area contributed by atoms with Crippen molar-refractivity contribution in [2.24, 2.45) is 0 Å². The van der Waals surface area contributed by atoms with Gasteiger partial charge in [0.15, 0.2) is 11.2 Å². The highest BCUT2D eigenvalue weighted by molar-refractivity contribution is 5.78. The third kappa shape index (κ3) is 2.89. The SMILES string of the molecule is CCCN(CCC)C(=O)Cn1c(=O)oc2cccnc21. The maximum absolute atomic E-state index is 12.3. The van der Waals surface area contributed by atoms with E-state index < -0.39 is 5.76 Å². The summed E-state index contributed by atoms with van der Waals surface area (Å²) in [6.07, 6.45) is 3.37. The maximum Gasteiger partial charge on any atom is 0.421 e. The number of fused-ring (bicyclic) bond motifs is 1. The number of hydrogen-bond acceptors (Lipinski definition) is 4. The van der Waals surface area contributed by atoms with E-state index in [2.05, 4.69) is 4.98 Å². The van der Waals surface area contributed by atoms with Gasteiger partial charge in [0, 0.05) is 19.3 Å². The molecule has 0 atom stereocenters. The largest absolute Gasteiger partial charge is 0.421 e. The van der Waals surface area contributed by atoms with Crippen LogP contribution in [-0.4, -0.2) is 33.4 Å². The Kier molecular flexibility index (Phi) is 4.55. The van der Waals surface area contributed by atoms with Gasteiger partial charge in [-0.25, -0.2) is 14.3 Å². The van der Waals surface area contributed by atoms with E-state index in [1.807, 2.05) is 13.8 Å². The number of aromatic nitrogens is 2. The molecular formula is C14H19N3O3. The molecule has 0 aliphatic carbocycles. The highest BCUT2D eigenvalue weighted by Crippen LogP contribution is 2.09. The lowest BCUT2D eigenvalue weighted by Gasteiger charge is -2.21. The fourth-order valence-electron chi connectivity index (χ4n) is 2.18. The van der Waals surface area contributed by atoms with Gasteiger partial charge in [-0.2, -0.15) is 0 Å². The summed E-state index contributed by atoms with van der Waals surface area (Å²) in [6, 6.07) is 3.36. The second-order valence-corrected chi connectivity index (χ2v) is 4.66.